The third kappa shape index (κ3) is 5.22. The van der Waals surface area contributed by atoms with Gasteiger partial charge in [0.05, 0.1) is 30.5 Å². The number of likely N-dealkylation sites (tertiary alicyclic amines) is 1. The Bertz CT molecular complexity index is 830. The Balaban J connectivity index is 0.00000280. The van der Waals surface area contributed by atoms with Crippen LogP contribution in [0.4, 0.5) is 4.39 Å². The molecule has 0 bridgehead atoms. The number of aromatic nitrogens is 2. The Morgan fingerprint density at radius 1 is 1.46 bits per heavy atom. The fraction of sp³-hybridized carbons (Fsp3) is 0.450. The highest BCUT2D eigenvalue weighted by atomic mass is 127. The van der Waals surface area contributed by atoms with Gasteiger partial charge < -0.3 is 14.8 Å². The molecule has 1 aliphatic heterocycles. The number of nitriles is 1. The molecule has 1 saturated heterocycles. The van der Waals surface area contributed by atoms with Crippen molar-refractivity contribution in [2.24, 2.45) is 10.9 Å². The maximum Gasteiger partial charge on any atom is 0.194 e. The van der Waals surface area contributed by atoms with Crippen molar-refractivity contribution >= 4 is 29.9 Å². The fourth-order valence-corrected chi connectivity index (χ4v) is 3.45. The van der Waals surface area contributed by atoms with Gasteiger partial charge >= 0.3 is 0 Å². The molecule has 0 spiro atoms. The van der Waals surface area contributed by atoms with E-state index in [0.29, 0.717) is 23.1 Å². The summed E-state index contributed by atoms with van der Waals surface area (Å²) in [5, 5.41) is 12.3. The van der Waals surface area contributed by atoms with E-state index >= 15 is 0 Å². The van der Waals surface area contributed by atoms with Crippen LogP contribution in [0.15, 0.2) is 41.9 Å². The van der Waals surface area contributed by atoms with Crippen LogP contribution >= 0.6 is 24.0 Å². The molecule has 6 nitrogen and oxygen atoms in total. The van der Waals surface area contributed by atoms with Crippen molar-refractivity contribution in [3.05, 3.63) is 53.9 Å². The van der Waals surface area contributed by atoms with Crippen LogP contribution in [-0.4, -0.2) is 40.0 Å². The van der Waals surface area contributed by atoms with E-state index < -0.39 is 0 Å². The lowest BCUT2D eigenvalue weighted by molar-refractivity contribution is 0.189. The lowest BCUT2D eigenvalue weighted by Gasteiger charge is -2.39. The molecule has 3 rings (SSSR count). The van der Waals surface area contributed by atoms with Crippen molar-refractivity contribution in [3.8, 4) is 6.07 Å². The van der Waals surface area contributed by atoms with E-state index in [1.165, 1.54) is 12.1 Å². The minimum Gasteiger partial charge on any atom is -0.357 e. The van der Waals surface area contributed by atoms with E-state index in [0.717, 1.165) is 32.0 Å². The predicted molar refractivity (Wildman–Crippen MR) is 118 cm³/mol. The third-order valence-corrected chi connectivity index (χ3v) is 5.03. The molecule has 2 heterocycles. The van der Waals surface area contributed by atoms with Crippen molar-refractivity contribution in [2.75, 3.05) is 19.6 Å². The number of hydrogen-bond acceptors (Lipinski definition) is 3. The summed E-state index contributed by atoms with van der Waals surface area (Å²) in [6.07, 6.45) is 6.70. The predicted octanol–water partition coefficient (Wildman–Crippen LogP) is 3.56. The molecular weight excluding hydrogens is 470 g/mol. The molecular formula is C20H26FIN6. The second-order valence-corrected chi connectivity index (χ2v) is 6.88. The second-order valence-electron chi connectivity index (χ2n) is 6.88. The van der Waals surface area contributed by atoms with Crippen LogP contribution < -0.4 is 5.32 Å². The topological polar surface area (TPSA) is 69.2 Å². The second kappa shape index (κ2) is 10.4. The third-order valence-electron chi connectivity index (χ3n) is 5.03. The lowest BCUT2D eigenvalue weighted by atomic mass is 9.93. The molecule has 1 N–H and O–H groups in total. The van der Waals surface area contributed by atoms with E-state index in [4.69, 9.17) is 5.26 Å². The fourth-order valence-electron chi connectivity index (χ4n) is 3.45. The molecule has 2 atom stereocenters. The van der Waals surface area contributed by atoms with Gasteiger partial charge in [0, 0.05) is 37.6 Å². The number of aliphatic imine (C=N–C) groups is 1. The van der Waals surface area contributed by atoms with Crippen molar-refractivity contribution in [1.82, 2.24) is 19.8 Å². The van der Waals surface area contributed by atoms with Gasteiger partial charge in [-0.3, -0.25) is 0 Å². The quantitative estimate of drug-likeness (QED) is 0.400. The summed E-state index contributed by atoms with van der Waals surface area (Å²) in [5.41, 5.74) is 0.875. The average molecular weight is 496 g/mol. The van der Waals surface area contributed by atoms with Crippen LogP contribution in [0.2, 0.25) is 0 Å². The number of nitrogens with zero attached hydrogens (tertiary/aromatic N) is 5. The summed E-state index contributed by atoms with van der Waals surface area (Å²) in [6.45, 7) is 6.94. The number of hydrogen-bond donors (Lipinski definition) is 1. The molecule has 150 valence electrons. The first-order valence-electron chi connectivity index (χ1n) is 9.31. The molecule has 1 aromatic heterocycles. The van der Waals surface area contributed by atoms with Gasteiger partial charge in [-0.05, 0) is 37.5 Å². The molecule has 0 saturated carbocycles. The van der Waals surface area contributed by atoms with Crippen LogP contribution in [0.1, 0.15) is 37.4 Å². The van der Waals surface area contributed by atoms with Crippen LogP contribution in [0.5, 0.6) is 0 Å². The summed E-state index contributed by atoms with van der Waals surface area (Å²) >= 11 is 0. The van der Waals surface area contributed by atoms with Crippen LogP contribution in [-0.2, 0) is 6.54 Å². The highest BCUT2D eigenvalue weighted by Crippen LogP contribution is 2.27. The number of guanidine groups is 1. The summed E-state index contributed by atoms with van der Waals surface area (Å²) < 4.78 is 16.2. The molecule has 0 amide bonds. The van der Waals surface area contributed by atoms with Crippen molar-refractivity contribution in [3.63, 3.8) is 0 Å². The number of halogens is 2. The monoisotopic (exact) mass is 496 g/mol. The van der Waals surface area contributed by atoms with E-state index in [9.17, 15) is 4.39 Å². The first-order valence-corrected chi connectivity index (χ1v) is 9.31. The van der Waals surface area contributed by atoms with Crippen molar-refractivity contribution in [2.45, 2.75) is 32.9 Å². The molecule has 2 aromatic rings. The van der Waals surface area contributed by atoms with Crippen LogP contribution in [0.25, 0.3) is 0 Å². The Morgan fingerprint density at radius 2 is 2.29 bits per heavy atom. The Hall–Kier alpha value is -2.15. The zero-order valence-electron chi connectivity index (χ0n) is 16.2. The van der Waals surface area contributed by atoms with E-state index in [-0.39, 0.29) is 36.3 Å². The zero-order chi connectivity index (χ0) is 19.2. The molecule has 1 aromatic carbocycles. The van der Waals surface area contributed by atoms with E-state index in [1.807, 2.05) is 25.5 Å². The van der Waals surface area contributed by atoms with Crippen molar-refractivity contribution < 1.29 is 4.39 Å². The normalized spacial score (nSPS) is 19.6. The number of rotatable bonds is 4. The minimum atomic E-state index is -0.336. The number of piperidine rings is 1. The average Bonchev–Trinajstić information content (AvgIpc) is 3.21. The van der Waals surface area contributed by atoms with Gasteiger partial charge in [0.1, 0.15) is 5.82 Å². The minimum absolute atomic E-state index is 0. The van der Waals surface area contributed by atoms with Gasteiger partial charge in [-0.2, -0.15) is 5.26 Å². The summed E-state index contributed by atoms with van der Waals surface area (Å²) in [7, 11) is 0. The first-order chi connectivity index (χ1) is 13.1. The summed E-state index contributed by atoms with van der Waals surface area (Å²) in [5.74, 6) is 0.983. The molecule has 1 fully saturated rings. The standard InChI is InChI=1S/C20H25FN6.HI/c1-3-24-20(25-12-17-10-16(11-22)4-5-18(17)21)26-8-6-15(2)19(13-26)27-9-7-23-14-27;/h4-5,7,9-10,14-15,19H,3,6,8,12-13H2,1-2H3,(H,24,25);1H. The highest BCUT2D eigenvalue weighted by molar-refractivity contribution is 14.0. The number of benzene rings is 1. The maximum absolute atomic E-state index is 14.1. The zero-order valence-corrected chi connectivity index (χ0v) is 18.5. The maximum atomic E-state index is 14.1. The number of nitrogens with one attached hydrogen (secondary N) is 1. The smallest absolute Gasteiger partial charge is 0.194 e. The van der Waals surface area contributed by atoms with E-state index in [1.54, 1.807) is 12.3 Å². The largest absolute Gasteiger partial charge is 0.357 e. The number of imidazole rings is 1. The summed E-state index contributed by atoms with van der Waals surface area (Å²) in [4.78, 5) is 11.0. The van der Waals surface area contributed by atoms with Crippen LogP contribution in [0, 0.1) is 23.1 Å². The SMILES string of the molecule is CCNC(=NCc1cc(C#N)ccc1F)N1CCC(C)C(n2ccnc2)C1.I. The first kappa shape index (κ1) is 22.1. The summed E-state index contributed by atoms with van der Waals surface area (Å²) in [6, 6.07) is 6.74. The van der Waals surface area contributed by atoms with Gasteiger partial charge in [0.25, 0.3) is 0 Å². The van der Waals surface area contributed by atoms with Gasteiger partial charge in [0.15, 0.2) is 5.96 Å². The van der Waals surface area contributed by atoms with Gasteiger partial charge in [-0.25, -0.2) is 14.4 Å². The molecule has 8 heteroatoms. The molecule has 0 radical (unpaired) electrons. The molecule has 1 aliphatic rings. The highest BCUT2D eigenvalue weighted by Gasteiger charge is 2.28. The Morgan fingerprint density at radius 3 is 2.96 bits per heavy atom. The van der Waals surface area contributed by atoms with E-state index in [2.05, 4.69) is 31.7 Å². The van der Waals surface area contributed by atoms with Gasteiger partial charge in [0.2, 0.25) is 0 Å². The Kier molecular flexibility index (Phi) is 8.23. The molecule has 28 heavy (non-hydrogen) atoms. The van der Waals surface area contributed by atoms with Gasteiger partial charge in [-0.1, -0.05) is 6.92 Å². The van der Waals surface area contributed by atoms with Gasteiger partial charge in [-0.15, -0.1) is 24.0 Å². The Labute approximate surface area is 182 Å². The molecule has 0 aliphatic carbocycles. The van der Waals surface area contributed by atoms with Crippen molar-refractivity contribution in [1.29, 1.82) is 5.26 Å². The van der Waals surface area contributed by atoms with Crippen LogP contribution in [0.3, 0.4) is 0 Å². The lowest BCUT2D eigenvalue weighted by Crippen LogP contribution is -2.49. The molecule has 2 unspecified atom stereocenters.